The molecule has 0 aliphatic heterocycles. The highest BCUT2D eigenvalue weighted by Gasteiger charge is 2.36. The second kappa shape index (κ2) is 7.23. The van der Waals surface area contributed by atoms with Gasteiger partial charge >= 0.3 is 6.18 Å². The molecule has 0 spiro atoms. The molecule has 2 rings (SSSR count). The Morgan fingerprint density at radius 2 is 2.17 bits per heavy atom. The van der Waals surface area contributed by atoms with E-state index in [0.29, 0.717) is 4.88 Å². The molecule has 0 aliphatic carbocycles. The number of hydrogen-bond donors (Lipinski definition) is 0. The maximum Gasteiger partial charge on any atom is 0.417 e. The number of thioether (sulfide) groups is 1. The van der Waals surface area contributed by atoms with Crippen molar-refractivity contribution in [2.45, 2.75) is 11.2 Å². The highest BCUT2D eigenvalue weighted by Crippen LogP contribution is 2.38. The molecule has 0 atom stereocenters. The third kappa shape index (κ3) is 4.07. The Balaban J connectivity index is 2.53. The zero-order valence-corrected chi connectivity index (χ0v) is 14.3. The zero-order valence-electron chi connectivity index (χ0n) is 12.7. The van der Waals surface area contributed by atoms with Crippen molar-refractivity contribution in [3.63, 3.8) is 0 Å². The van der Waals surface area contributed by atoms with E-state index >= 15 is 0 Å². The molecule has 0 aromatic carbocycles. The van der Waals surface area contributed by atoms with Crippen LogP contribution < -0.4 is 0 Å². The van der Waals surface area contributed by atoms with Gasteiger partial charge in [0.15, 0.2) is 0 Å². The lowest BCUT2D eigenvalue weighted by molar-refractivity contribution is -0.138. The highest BCUT2D eigenvalue weighted by atomic mass is 32.2. The molecule has 0 bridgehead atoms. The standard InChI is InChI=1S/C15H12F3N3OS2/c1-21(2)13(22)8-24-14-9(7-19)10(15(16,17)18)6-11(20-14)12-4-3-5-23-12/h3-6H,8H2,1-2H3. The van der Waals surface area contributed by atoms with Gasteiger partial charge in [0.25, 0.3) is 0 Å². The van der Waals surface area contributed by atoms with Gasteiger partial charge in [-0.3, -0.25) is 4.79 Å². The molecule has 0 fully saturated rings. The van der Waals surface area contributed by atoms with Crippen LogP contribution in [0.5, 0.6) is 0 Å². The summed E-state index contributed by atoms with van der Waals surface area (Å²) in [4.78, 5) is 17.7. The normalized spacial score (nSPS) is 11.2. The summed E-state index contributed by atoms with van der Waals surface area (Å²) in [6, 6.07) is 5.80. The minimum Gasteiger partial charge on any atom is -0.348 e. The number of pyridine rings is 1. The molecule has 0 saturated heterocycles. The first-order chi connectivity index (χ1) is 11.2. The Hall–Kier alpha value is -2.05. The molecule has 0 radical (unpaired) electrons. The maximum absolute atomic E-state index is 13.3. The molecular weight excluding hydrogens is 359 g/mol. The van der Waals surface area contributed by atoms with Crippen molar-refractivity contribution < 1.29 is 18.0 Å². The fourth-order valence-corrected chi connectivity index (χ4v) is 3.43. The Morgan fingerprint density at radius 1 is 1.46 bits per heavy atom. The van der Waals surface area contributed by atoms with E-state index in [9.17, 15) is 18.0 Å². The summed E-state index contributed by atoms with van der Waals surface area (Å²) in [7, 11) is 3.09. The molecule has 9 heteroatoms. The molecule has 1 amide bonds. The van der Waals surface area contributed by atoms with Crippen LogP contribution in [0.4, 0.5) is 13.2 Å². The van der Waals surface area contributed by atoms with Gasteiger partial charge in [-0.2, -0.15) is 18.4 Å². The van der Waals surface area contributed by atoms with Crippen molar-refractivity contribution in [2.75, 3.05) is 19.8 Å². The maximum atomic E-state index is 13.3. The summed E-state index contributed by atoms with van der Waals surface area (Å²) < 4.78 is 39.9. The predicted molar refractivity (Wildman–Crippen MR) is 86.7 cm³/mol. The number of nitrogens with zero attached hydrogens (tertiary/aromatic N) is 3. The van der Waals surface area contributed by atoms with Gasteiger partial charge in [0, 0.05) is 14.1 Å². The average Bonchev–Trinajstić information content (AvgIpc) is 3.04. The van der Waals surface area contributed by atoms with Gasteiger partial charge in [-0.15, -0.1) is 11.3 Å². The first kappa shape index (κ1) is 18.3. The van der Waals surface area contributed by atoms with E-state index in [4.69, 9.17) is 5.26 Å². The summed E-state index contributed by atoms with van der Waals surface area (Å²) in [5, 5.41) is 10.8. The fourth-order valence-electron chi connectivity index (χ4n) is 1.77. The monoisotopic (exact) mass is 371 g/mol. The van der Waals surface area contributed by atoms with E-state index in [1.165, 1.54) is 16.2 Å². The zero-order chi connectivity index (χ0) is 17.9. The van der Waals surface area contributed by atoms with Crippen LogP contribution in [-0.2, 0) is 11.0 Å². The highest BCUT2D eigenvalue weighted by molar-refractivity contribution is 8.00. The number of carbonyl (C=O) groups is 1. The first-order valence-electron chi connectivity index (χ1n) is 6.63. The minimum atomic E-state index is -4.68. The Kier molecular flexibility index (Phi) is 5.51. The number of alkyl halides is 3. The lowest BCUT2D eigenvalue weighted by Crippen LogP contribution is -2.23. The van der Waals surface area contributed by atoms with Crippen molar-refractivity contribution in [1.82, 2.24) is 9.88 Å². The van der Waals surface area contributed by atoms with Gasteiger partial charge in [0.2, 0.25) is 5.91 Å². The number of thiophene rings is 1. The summed E-state index contributed by atoms with van der Waals surface area (Å²) in [5.74, 6) is -0.374. The SMILES string of the molecule is CN(C)C(=O)CSc1nc(-c2cccs2)cc(C(F)(F)F)c1C#N. The van der Waals surface area contributed by atoms with Gasteiger partial charge in [-0.1, -0.05) is 17.8 Å². The number of hydrogen-bond acceptors (Lipinski definition) is 5. The van der Waals surface area contributed by atoms with Gasteiger partial charge in [-0.05, 0) is 17.5 Å². The summed E-state index contributed by atoms with van der Waals surface area (Å²) in [6.07, 6.45) is -4.68. The molecule has 4 nitrogen and oxygen atoms in total. The molecule has 2 aromatic rings. The summed E-state index contributed by atoms with van der Waals surface area (Å²) >= 11 is 2.08. The van der Waals surface area contributed by atoms with E-state index in [1.54, 1.807) is 37.7 Å². The van der Waals surface area contributed by atoms with Gasteiger partial charge in [0.05, 0.1) is 27.5 Å². The molecule has 2 aromatic heterocycles. The van der Waals surface area contributed by atoms with E-state index in [-0.39, 0.29) is 22.4 Å². The van der Waals surface area contributed by atoms with E-state index in [1.807, 2.05) is 0 Å². The van der Waals surface area contributed by atoms with Crippen LogP contribution in [-0.4, -0.2) is 35.6 Å². The Bertz CT molecular complexity index is 780. The van der Waals surface area contributed by atoms with Crippen molar-refractivity contribution in [3.8, 4) is 16.6 Å². The summed E-state index contributed by atoms with van der Waals surface area (Å²) in [6.45, 7) is 0. The molecule has 126 valence electrons. The van der Waals surface area contributed by atoms with Crippen LogP contribution >= 0.6 is 23.1 Å². The Morgan fingerprint density at radius 3 is 2.67 bits per heavy atom. The van der Waals surface area contributed by atoms with Crippen LogP contribution in [0.2, 0.25) is 0 Å². The second-order valence-corrected chi connectivity index (χ2v) is 6.81. The molecule has 24 heavy (non-hydrogen) atoms. The van der Waals surface area contributed by atoms with E-state index < -0.39 is 17.3 Å². The lowest BCUT2D eigenvalue weighted by Gasteiger charge is -2.14. The van der Waals surface area contributed by atoms with Crippen LogP contribution in [0.3, 0.4) is 0 Å². The van der Waals surface area contributed by atoms with Crippen LogP contribution in [0.1, 0.15) is 11.1 Å². The molecule has 0 unspecified atom stereocenters. The number of aromatic nitrogens is 1. The molecular formula is C15H12F3N3OS2. The number of amides is 1. The molecule has 2 heterocycles. The average molecular weight is 371 g/mol. The summed E-state index contributed by atoms with van der Waals surface area (Å²) in [5.41, 5.74) is -1.46. The van der Waals surface area contributed by atoms with Gasteiger partial charge in [0.1, 0.15) is 11.1 Å². The number of rotatable bonds is 4. The van der Waals surface area contributed by atoms with E-state index in [0.717, 1.165) is 17.8 Å². The quantitative estimate of drug-likeness (QED) is 0.766. The first-order valence-corrected chi connectivity index (χ1v) is 8.49. The van der Waals surface area contributed by atoms with E-state index in [2.05, 4.69) is 4.98 Å². The second-order valence-electron chi connectivity index (χ2n) is 4.90. The lowest BCUT2D eigenvalue weighted by atomic mass is 10.1. The van der Waals surface area contributed by atoms with Crippen molar-refractivity contribution in [1.29, 1.82) is 5.26 Å². The smallest absolute Gasteiger partial charge is 0.348 e. The van der Waals surface area contributed by atoms with Gasteiger partial charge in [-0.25, -0.2) is 4.98 Å². The minimum absolute atomic E-state index is 0.0917. The number of nitriles is 1. The fraction of sp³-hybridized carbons (Fsp3) is 0.267. The van der Waals surface area contributed by atoms with Crippen LogP contribution in [0, 0.1) is 11.3 Å². The largest absolute Gasteiger partial charge is 0.417 e. The molecule has 0 aliphatic rings. The Labute approximate surface area is 144 Å². The predicted octanol–water partition coefficient (Wildman–Crippen LogP) is 3.88. The van der Waals surface area contributed by atoms with Gasteiger partial charge < -0.3 is 4.90 Å². The topological polar surface area (TPSA) is 57.0 Å². The molecule has 0 N–H and O–H groups in total. The third-order valence-corrected chi connectivity index (χ3v) is 4.86. The number of halogens is 3. The third-order valence-electron chi connectivity index (χ3n) is 3.01. The molecule has 0 saturated carbocycles. The van der Waals surface area contributed by atoms with Crippen LogP contribution in [0.15, 0.2) is 28.6 Å². The van der Waals surface area contributed by atoms with Crippen molar-refractivity contribution >= 4 is 29.0 Å². The van der Waals surface area contributed by atoms with Crippen molar-refractivity contribution in [3.05, 3.63) is 34.7 Å². The number of carbonyl (C=O) groups excluding carboxylic acids is 1. The van der Waals surface area contributed by atoms with Crippen LogP contribution in [0.25, 0.3) is 10.6 Å². The van der Waals surface area contributed by atoms with Crippen molar-refractivity contribution in [2.24, 2.45) is 0 Å².